The first-order valence-corrected chi connectivity index (χ1v) is 5.40. The molecule has 0 radical (unpaired) electrons. The molecule has 5 heteroatoms. The van der Waals surface area contributed by atoms with Gasteiger partial charge < -0.3 is 9.47 Å². The number of carbonyl (C=O) groups is 2. The molecule has 1 heterocycles. The molecule has 0 aromatic rings. The van der Waals surface area contributed by atoms with Crippen molar-refractivity contribution in [3.8, 4) is 0 Å². The fourth-order valence-corrected chi connectivity index (χ4v) is 1.82. The number of amides is 1. The summed E-state index contributed by atoms with van der Waals surface area (Å²) in [6, 6.07) is -0.00615. The molecule has 0 fully saturated rings. The lowest BCUT2D eigenvalue weighted by Crippen LogP contribution is -2.39. The fraction of sp³-hybridized carbons (Fsp3) is 0.500. The largest absolute Gasteiger partial charge is 0.466 e. The molecule has 0 saturated heterocycles. The van der Waals surface area contributed by atoms with Crippen LogP contribution in [0.5, 0.6) is 0 Å². The van der Waals surface area contributed by atoms with Gasteiger partial charge in [-0.1, -0.05) is 6.08 Å². The monoisotopic (exact) mass is 239 g/mol. The van der Waals surface area contributed by atoms with Crippen LogP contribution < -0.4 is 0 Å². The van der Waals surface area contributed by atoms with E-state index in [9.17, 15) is 9.59 Å². The van der Waals surface area contributed by atoms with Crippen molar-refractivity contribution < 1.29 is 19.1 Å². The van der Waals surface area contributed by atoms with Gasteiger partial charge in [-0.2, -0.15) is 0 Å². The van der Waals surface area contributed by atoms with Crippen molar-refractivity contribution in [3.63, 3.8) is 0 Å². The summed E-state index contributed by atoms with van der Waals surface area (Å²) in [5, 5.41) is 0. The number of methoxy groups -OCH3 is 2. The van der Waals surface area contributed by atoms with Crippen LogP contribution in [-0.2, 0) is 14.3 Å². The Morgan fingerprint density at radius 1 is 1.53 bits per heavy atom. The number of rotatable bonds is 3. The van der Waals surface area contributed by atoms with Gasteiger partial charge >= 0.3 is 12.1 Å². The van der Waals surface area contributed by atoms with Crippen molar-refractivity contribution in [3.05, 3.63) is 24.4 Å². The minimum atomic E-state index is -0.474. The van der Waals surface area contributed by atoms with E-state index in [4.69, 9.17) is 0 Å². The van der Waals surface area contributed by atoms with Crippen molar-refractivity contribution >= 4 is 12.1 Å². The highest BCUT2D eigenvalue weighted by molar-refractivity contribution is 5.89. The van der Waals surface area contributed by atoms with Crippen LogP contribution in [0, 0.1) is 0 Å². The summed E-state index contributed by atoms with van der Waals surface area (Å²) in [5.74, 6) is -0.407. The van der Waals surface area contributed by atoms with Gasteiger partial charge in [-0.15, -0.1) is 6.58 Å². The van der Waals surface area contributed by atoms with Gasteiger partial charge in [0.2, 0.25) is 0 Å². The average Bonchev–Trinajstić information content (AvgIpc) is 2.37. The second-order valence-electron chi connectivity index (χ2n) is 3.74. The minimum absolute atomic E-state index is 0.00615. The van der Waals surface area contributed by atoms with Crippen molar-refractivity contribution in [2.45, 2.75) is 25.3 Å². The Morgan fingerprint density at radius 3 is 2.76 bits per heavy atom. The van der Waals surface area contributed by atoms with Gasteiger partial charge in [0.15, 0.2) is 0 Å². The second kappa shape index (κ2) is 6.08. The molecule has 1 aliphatic rings. The maximum absolute atomic E-state index is 11.6. The van der Waals surface area contributed by atoms with Crippen molar-refractivity contribution in [1.29, 1.82) is 0 Å². The quantitative estimate of drug-likeness (QED) is 0.557. The fourth-order valence-electron chi connectivity index (χ4n) is 1.82. The predicted octanol–water partition coefficient (Wildman–Crippen LogP) is 1.85. The summed E-state index contributed by atoms with van der Waals surface area (Å²) < 4.78 is 9.32. The summed E-state index contributed by atoms with van der Waals surface area (Å²) in [6.07, 6.45) is 4.74. The van der Waals surface area contributed by atoms with E-state index in [0.717, 1.165) is 0 Å². The Hall–Kier alpha value is -1.78. The third-order valence-electron chi connectivity index (χ3n) is 2.71. The van der Waals surface area contributed by atoms with E-state index in [0.29, 0.717) is 24.8 Å². The lowest BCUT2D eigenvalue weighted by Gasteiger charge is -2.31. The zero-order valence-corrected chi connectivity index (χ0v) is 10.1. The van der Waals surface area contributed by atoms with Crippen LogP contribution in [0.3, 0.4) is 0 Å². The third-order valence-corrected chi connectivity index (χ3v) is 2.71. The van der Waals surface area contributed by atoms with Crippen LogP contribution >= 0.6 is 0 Å². The Morgan fingerprint density at radius 2 is 2.24 bits per heavy atom. The molecule has 1 atom stereocenters. The minimum Gasteiger partial charge on any atom is -0.466 e. The normalized spacial score (nSPS) is 19.3. The molecule has 94 valence electrons. The average molecular weight is 239 g/mol. The molecule has 0 bridgehead atoms. The number of hydrogen-bond donors (Lipinski definition) is 0. The van der Waals surface area contributed by atoms with Gasteiger partial charge in [0.05, 0.1) is 19.8 Å². The van der Waals surface area contributed by atoms with E-state index < -0.39 is 12.1 Å². The summed E-state index contributed by atoms with van der Waals surface area (Å²) in [6.45, 7) is 3.65. The second-order valence-corrected chi connectivity index (χ2v) is 3.74. The van der Waals surface area contributed by atoms with E-state index in [1.54, 1.807) is 6.08 Å². The van der Waals surface area contributed by atoms with Gasteiger partial charge in [-0.25, -0.2) is 9.59 Å². The van der Waals surface area contributed by atoms with Gasteiger partial charge in [0, 0.05) is 12.2 Å². The van der Waals surface area contributed by atoms with E-state index >= 15 is 0 Å². The van der Waals surface area contributed by atoms with E-state index in [2.05, 4.69) is 16.1 Å². The van der Waals surface area contributed by atoms with Crippen molar-refractivity contribution in [2.75, 3.05) is 14.2 Å². The Labute approximate surface area is 101 Å². The van der Waals surface area contributed by atoms with Crippen molar-refractivity contribution in [1.82, 2.24) is 4.90 Å². The maximum atomic E-state index is 11.6. The predicted molar refractivity (Wildman–Crippen MR) is 62.2 cm³/mol. The van der Waals surface area contributed by atoms with Crippen LogP contribution in [0.1, 0.15) is 19.3 Å². The van der Waals surface area contributed by atoms with Crippen LogP contribution in [0.2, 0.25) is 0 Å². The summed E-state index contributed by atoms with van der Waals surface area (Å²) in [5.41, 5.74) is 0.484. The molecule has 5 nitrogen and oxygen atoms in total. The lowest BCUT2D eigenvalue weighted by molar-refractivity contribution is -0.136. The number of ether oxygens (including phenoxy) is 2. The molecular weight excluding hydrogens is 222 g/mol. The lowest BCUT2D eigenvalue weighted by atomic mass is 9.98. The molecule has 1 aliphatic heterocycles. The smallest absolute Gasteiger partial charge is 0.413 e. The highest BCUT2D eigenvalue weighted by Gasteiger charge is 2.28. The molecule has 17 heavy (non-hydrogen) atoms. The SMILES string of the molecule is C=CC[C@H]1CCC(C(=O)OC)=CN1C(=O)OC. The first kappa shape index (κ1) is 13.3. The third kappa shape index (κ3) is 3.09. The van der Waals surface area contributed by atoms with E-state index in [-0.39, 0.29) is 6.04 Å². The van der Waals surface area contributed by atoms with Crippen LogP contribution in [-0.4, -0.2) is 37.2 Å². The van der Waals surface area contributed by atoms with Gasteiger partial charge in [0.1, 0.15) is 0 Å². The topological polar surface area (TPSA) is 55.8 Å². The molecule has 0 aromatic carbocycles. The molecular formula is C12H17NO4. The van der Waals surface area contributed by atoms with Crippen molar-refractivity contribution in [2.24, 2.45) is 0 Å². The van der Waals surface area contributed by atoms with Crippen LogP contribution in [0.4, 0.5) is 4.79 Å². The molecule has 0 saturated carbocycles. The zero-order chi connectivity index (χ0) is 12.8. The number of carbonyl (C=O) groups excluding carboxylic acids is 2. The summed E-state index contributed by atoms with van der Waals surface area (Å²) in [4.78, 5) is 24.4. The Bertz CT molecular complexity index is 348. The standard InChI is InChI=1S/C12H17NO4/c1-4-5-10-7-6-9(11(14)16-2)8-13(10)12(15)17-3/h4,8,10H,1,5-7H2,2-3H3/t10-/m0/s1. The summed E-state index contributed by atoms with van der Waals surface area (Å²) >= 11 is 0. The zero-order valence-electron chi connectivity index (χ0n) is 10.1. The Balaban J connectivity index is 2.91. The van der Waals surface area contributed by atoms with Gasteiger partial charge in [0.25, 0.3) is 0 Å². The molecule has 0 N–H and O–H groups in total. The van der Waals surface area contributed by atoms with Gasteiger partial charge in [-0.3, -0.25) is 4.90 Å². The summed E-state index contributed by atoms with van der Waals surface area (Å²) in [7, 11) is 2.63. The number of nitrogens with zero attached hydrogens (tertiary/aromatic N) is 1. The van der Waals surface area contributed by atoms with E-state index in [1.165, 1.54) is 25.3 Å². The molecule has 1 amide bonds. The molecule has 0 unspecified atom stereocenters. The molecule has 1 rings (SSSR count). The first-order chi connectivity index (χ1) is 8.13. The van der Waals surface area contributed by atoms with Crippen LogP contribution in [0.25, 0.3) is 0 Å². The first-order valence-electron chi connectivity index (χ1n) is 5.40. The number of hydrogen-bond acceptors (Lipinski definition) is 4. The van der Waals surface area contributed by atoms with Crippen LogP contribution in [0.15, 0.2) is 24.4 Å². The molecule has 0 aromatic heterocycles. The maximum Gasteiger partial charge on any atom is 0.413 e. The molecule has 0 aliphatic carbocycles. The number of esters is 1. The highest BCUT2D eigenvalue weighted by atomic mass is 16.5. The van der Waals surface area contributed by atoms with E-state index in [1.807, 2.05) is 0 Å². The van der Waals surface area contributed by atoms with Gasteiger partial charge in [-0.05, 0) is 19.3 Å². The Kier molecular flexibility index (Phi) is 4.75. The molecule has 0 spiro atoms. The highest BCUT2D eigenvalue weighted by Crippen LogP contribution is 2.24.